The second kappa shape index (κ2) is 5.07. The first kappa shape index (κ1) is 13.4. The molecule has 2 atom stereocenters. The van der Waals surface area contributed by atoms with Crippen molar-refractivity contribution in [3.8, 4) is 0 Å². The van der Waals surface area contributed by atoms with Crippen molar-refractivity contribution in [2.45, 2.75) is 32.4 Å². The lowest BCUT2D eigenvalue weighted by atomic mass is 10.1. The van der Waals surface area contributed by atoms with Crippen molar-refractivity contribution in [1.29, 1.82) is 0 Å². The van der Waals surface area contributed by atoms with Gasteiger partial charge in [-0.15, -0.1) is 11.3 Å². The first-order chi connectivity index (χ1) is 9.56. The topological polar surface area (TPSA) is 64.3 Å². The minimum Gasteiger partial charge on any atom is -0.397 e. The van der Waals surface area contributed by atoms with Gasteiger partial charge in [-0.3, -0.25) is 4.79 Å². The Kier molecular flexibility index (Phi) is 3.40. The van der Waals surface area contributed by atoms with Gasteiger partial charge in [0.05, 0.1) is 17.8 Å². The van der Waals surface area contributed by atoms with E-state index in [-0.39, 0.29) is 18.1 Å². The van der Waals surface area contributed by atoms with Crippen molar-refractivity contribution < 1.29 is 9.53 Å². The highest BCUT2D eigenvalue weighted by molar-refractivity contribution is 7.21. The number of aryl methyl sites for hydroxylation is 1. The molecular formula is C15H18N2O2S. The molecule has 3 rings (SSSR count). The number of amides is 1. The van der Waals surface area contributed by atoms with Crippen LogP contribution in [0.15, 0.2) is 18.2 Å². The zero-order chi connectivity index (χ0) is 14.3. The van der Waals surface area contributed by atoms with Crippen LogP contribution in [0.3, 0.4) is 0 Å². The van der Waals surface area contributed by atoms with Crippen LogP contribution in [0, 0.1) is 6.92 Å². The number of hydrogen-bond donors (Lipinski definition) is 2. The van der Waals surface area contributed by atoms with Crippen molar-refractivity contribution in [1.82, 2.24) is 5.32 Å². The van der Waals surface area contributed by atoms with Crippen LogP contribution < -0.4 is 11.1 Å². The Morgan fingerprint density at radius 1 is 1.50 bits per heavy atom. The number of nitrogen functional groups attached to an aromatic ring is 1. The molecule has 0 aliphatic carbocycles. The molecule has 5 heteroatoms. The van der Waals surface area contributed by atoms with E-state index < -0.39 is 0 Å². The normalized spacial score (nSPS) is 22.3. The van der Waals surface area contributed by atoms with Crippen molar-refractivity contribution in [3.63, 3.8) is 0 Å². The predicted molar refractivity (Wildman–Crippen MR) is 82.3 cm³/mol. The third-order valence-corrected chi connectivity index (χ3v) is 4.97. The summed E-state index contributed by atoms with van der Waals surface area (Å²) in [6.07, 6.45) is 0.924. The van der Waals surface area contributed by atoms with E-state index in [9.17, 15) is 4.79 Å². The Labute approximate surface area is 121 Å². The summed E-state index contributed by atoms with van der Waals surface area (Å²) in [5, 5.41) is 4.00. The quantitative estimate of drug-likeness (QED) is 0.894. The number of nitrogens with one attached hydrogen (secondary N) is 1. The number of carbonyl (C=O) groups is 1. The first-order valence-electron chi connectivity index (χ1n) is 6.77. The lowest BCUT2D eigenvalue weighted by Crippen LogP contribution is -2.39. The Morgan fingerprint density at radius 3 is 3.00 bits per heavy atom. The molecule has 1 amide bonds. The number of nitrogens with two attached hydrogens (primary N) is 1. The maximum absolute atomic E-state index is 12.4. The summed E-state index contributed by atoms with van der Waals surface area (Å²) >= 11 is 1.45. The maximum atomic E-state index is 12.4. The number of rotatable bonds is 2. The van der Waals surface area contributed by atoms with Gasteiger partial charge < -0.3 is 15.8 Å². The van der Waals surface area contributed by atoms with Crippen LogP contribution in [0.4, 0.5) is 5.69 Å². The highest BCUT2D eigenvalue weighted by Gasteiger charge is 2.27. The van der Waals surface area contributed by atoms with E-state index in [1.807, 2.05) is 32.0 Å². The van der Waals surface area contributed by atoms with Crippen LogP contribution in [0.25, 0.3) is 10.1 Å². The largest absolute Gasteiger partial charge is 0.397 e. The van der Waals surface area contributed by atoms with Gasteiger partial charge in [-0.05, 0) is 32.4 Å². The van der Waals surface area contributed by atoms with E-state index in [0.717, 1.165) is 22.1 Å². The number of carbonyl (C=O) groups excluding carboxylic acids is 1. The number of anilines is 1. The number of thiophene rings is 1. The van der Waals surface area contributed by atoms with Crippen molar-refractivity contribution in [2.75, 3.05) is 12.3 Å². The molecule has 2 heterocycles. The van der Waals surface area contributed by atoms with Gasteiger partial charge in [-0.25, -0.2) is 0 Å². The van der Waals surface area contributed by atoms with E-state index in [0.29, 0.717) is 17.2 Å². The summed E-state index contributed by atoms with van der Waals surface area (Å²) in [4.78, 5) is 13.0. The third kappa shape index (κ3) is 2.27. The van der Waals surface area contributed by atoms with Crippen LogP contribution in [0.5, 0.6) is 0 Å². The van der Waals surface area contributed by atoms with Crippen molar-refractivity contribution >= 4 is 33.0 Å². The summed E-state index contributed by atoms with van der Waals surface area (Å²) < 4.78 is 6.51. The Hall–Kier alpha value is -1.59. The van der Waals surface area contributed by atoms with Gasteiger partial charge in [0, 0.05) is 16.7 Å². The second-order valence-electron chi connectivity index (χ2n) is 5.29. The van der Waals surface area contributed by atoms with Crippen LogP contribution in [0.2, 0.25) is 0 Å². The lowest BCUT2D eigenvalue weighted by Gasteiger charge is -2.15. The predicted octanol–water partition coefficient (Wildman–Crippen LogP) is 2.70. The van der Waals surface area contributed by atoms with Gasteiger partial charge >= 0.3 is 0 Å². The monoisotopic (exact) mass is 290 g/mol. The van der Waals surface area contributed by atoms with Gasteiger partial charge in [0.2, 0.25) is 0 Å². The maximum Gasteiger partial charge on any atom is 0.263 e. The van der Waals surface area contributed by atoms with Crippen molar-refractivity contribution in [3.05, 3.63) is 28.6 Å². The number of ether oxygens (including phenoxy) is 1. The van der Waals surface area contributed by atoms with Crippen LogP contribution in [0.1, 0.15) is 28.6 Å². The zero-order valence-electron chi connectivity index (χ0n) is 11.6. The van der Waals surface area contributed by atoms with E-state index >= 15 is 0 Å². The van der Waals surface area contributed by atoms with Gasteiger partial charge in [-0.2, -0.15) is 0 Å². The summed E-state index contributed by atoms with van der Waals surface area (Å²) in [5.74, 6) is -0.0938. The molecule has 1 aliphatic rings. The zero-order valence-corrected chi connectivity index (χ0v) is 12.4. The fourth-order valence-corrected chi connectivity index (χ4v) is 3.56. The van der Waals surface area contributed by atoms with E-state index in [1.54, 1.807) is 0 Å². The highest BCUT2D eigenvalue weighted by atomic mass is 32.1. The molecule has 0 spiro atoms. The molecule has 106 valence electrons. The van der Waals surface area contributed by atoms with Crippen LogP contribution >= 0.6 is 11.3 Å². The Balaban J connectivity index is 1.89. The SMILES string of the molecule is Cc1ccc2sc(C(=O)NC3CCOC3C)c(N)c2c1. The molecule has 1 aromatic heterocycles. The van der Waals surface area contributed by atoms with Crippen molar-refractivity contribution in [2.24, 2.45) is 0 Å². The standard InChI is InChI=1S/C15H18N2O2S/c1-8-3-4-12-10(7-8)13(16)14(20-12)15(18)17-11-5-6-19-9(11)2/h3-4,7,9,11H,5-6,16H2,1-2H3,(H,17,18). The number of benzene rings is 1. The van der Waals surface area contributed by atoms with Crippen LogP contribution in [-0.2, 0) is 4.74 Å². The number of fused-ring (bicyclic) bond motifs is 1. The van der Waals surface area contributed by atoms with E-state index in [2.05, 4.69) is 5.32 Å². The fourth-order valence-electron chi connectivity index (χ4n) is 2.55. The summed E-state index contributed by atoms with van der Waals surface area (Å²) in [6.45, 7) is 4.70. The summed E-state index contributed by atoms with van der Waals surface area (Å²) in [7, 11) is 0. The minimum absolute atomic E-state index is 0.0665. The Morgan fingerprint density at radius 2 is 2.30 bits per heavy atom. The molecule has 20 heavy (non-hydrogen) atoms. The molecule has 4 nitrogen and oxygen atoms in total. The van der Waals surface area contributed by atoms with E-state index in [4.69, 9.17) is 10.5 Å². The fraction of sp³-hybridized carbons (Fsp3) is 0.400. The molecule has 3 N–H and O–H groups in total. The minimum atomic E-state index is -0.0938. The average molecular weight is 290 g/mol. The number of hydrogen-bond acceptors (Lipinski definition) is 4. The average Bonchev–Trinajstić information content (AvgIpc) is 2.95. The second-order valence-corrected chi connectivity index (χ2v) is 6.34. The molecule has 2 aromatic rings. The van der Waals surface area contributed by atoms with Gasteiger partial charge in [0.1, 0.15) is 4.88 Å². The Bertz CT molecular complexity index is 665. The lowest BCUT2D eigenvalue weighted by molar-refractivity contribution is 0.0870. The molecule has 0 saturated carbocycles. The highest BCUT2D eigenvalue weighted by Crippen LogP contribution is 2.34. The molecule has 1 saturated heterocycles. The third-order valence-electron chi connectivity index (χ3n) is 3.78. The molecule has 2 unspecified atom stereocenters. The van der Waals surface area contributed by atoms with Gasteiger partial charge in [0.15, 0.2) is 0 Å². The summed E-state index contributed by atoms with van der Waals surface area (Å²) in [5.41, 5.74) is 7.86. The summed E-state index contributed by atoms with van der Waals surface area (Å²) in [6, 6.07) is 6.16. The molecule has 1 aromatic carbocycles. The van der Waals surface area contributed by atoms with Gasteiger partial charge in [0.25, 0.3) is 5.91 Å². The molecule has 0 bridgehead atoms. The first-order valence-corrected chi connectivity index (χ1v) is 7.59. The molecular weight excluding hydrogens is 272 g/mol. The molecule has 1 aliphatic heterocycles. The molecule has 1 fully saturated rings. The van der Waals surface area contributed by atoms with Crippen LogP contribution in [-0.4, -0.2) is 24.7 Å². The van der Waals surface area contributed by atoms with Gasteiger partial charge in [-0.1, -0.05) is 11.6 Å². The smallest absolute Gasteiger partial charge is 0.263 e. The van der Waals surface area contributed by atoms with E-state index in [1.165, 1.54) is 11.3 Å². The molecule has 0 radical (unpaired) electrons.